The van der Waals surface area contributed by atoms with Gasteiger partial charge in [-0.05, 0) is 78.3 Å². The number of ether oxygens (including phenoxy) is 2. The minimum atomic E-state index is -0.151. The lowest BCUT2D eigenvalue weighted by molar-refractivity contribution is 0.266. The molecule has 5 heteroatoms. The van der Waals surface area contributed by atoms with E-state index in [0.29, 0.717) is 5.92 Å². The second kappa shape index (κ2) is 15.2. The average molecular weight is 495 g/mol. The Labute approximate surface area is 216 Å². The molecule has 0 aliphatic carbocycles. The van der Waals surface area contributed by atoms with E-state index in [1.165, 1.54) is 5.56 Å². The summed E-state index contributed by atoms with van der Waals surface area (Å²) in [6, 6.07) is 22.7. The van der Waals surface area contributed by atoms with E-state index in [-0.39, 0.29) is 23.5 Å². The Morgan fingerprint density at radius 2 is 1.22 bits per heavy atom. The largest absolute Gasteiger partial charge is 0.508 e. The lowest BCUT2D eigenvalue weighted by Gasteiger charge is -2.26. The van der Waals surface area contributed by atoms with Gasteiger partial charge in [0.15, 0.2) is 0 Å². The molecule has 0 amide bonds. The molecule has 0 radical (unpaired) electrons. The zero-order chi connectivity index (χ0) is 26.4. The Balaban J connectivity index is 0.000000227. The fourth-order valence-corrected chi connectivity index (χ4v) is 3.45. The van der Waals surface area contributed by atoms with Crippen molar-refractivity contribution in [1.29, 1.82) is 0 Å². The molecule has 3 aromatic rings. The summed E-state index contributed by atoms with van der Waals surface area (Å²) in [5.41, 5.74) is 3.44. The number of rotatable bonds is 9. The number of aromatic hydroxyl groups is 2. The number of hydrogen-bond acceptors (Lipinski definition) is 5. The van der Waals surface area contributed by atoms with Crippen LogP contribution in [-0.4, -0.2) is 41.7 Å². The van der Waals surface area contributed by atoms with Crippen molar-refractivity contribution in [2.75, 3.05) is 26.4 Å². The van der Waals surface area contributed by atoms with Crippen molar-refractivity contribution in [3.8, 4) is 17.2 Å². The third kappa shape index (κ3) is 10.7. The highest BCUT2D eigenvalue weighted by Gasteiger charge is 2.22. The average Bonchev–Trinajstić information content (AvgIpc) is 3.75. The van der Waals surface area contributed by atoms with Gasteiger partial charge < -0.3 is 24.8 Å². The van der Waals surface area contributed by atoms with Crippen molar-refractivity contribution in [2.45, 2.75) is 58.3 Å². The number of unbranched alkanes of at least 4 members (excludes halogenated alkanes) is 2. The van der Waals surface area contributed by atoms with Crippen molar-refractivity contribution in [3.05, 3.63) is 89.5 Å². The second-order valence-corrected chi connectivity index (χ2v) is 9.69. The molecule has 36 heavy (non-hydrogen) atoms. The van der Waals surface area contributed by atoms with Crippen LogP contribution in [0.15, 0.2) is 72.8 Å². The maximum absolute atomic E-state index is 9.30. The van der Waals surface area contributed by atoms with Crippen LogP contribution in [0.5, 0.6) is 17.2 Å². The van der Waals surface area contributed by atoms with Crippen LogP contribution in [0.25, 0.3) is 0 Å². The van der Waals surface area contributed by atoms with Gasteiger partial charge in [-0.15, -0.1) is 0 Å². The number of aliphatic hydroxyl groups excluding tert-OH is 1. The molecule has 1 heterocycles. The van der Waals surface area contributed by atoms with E-state index in [2.05, 4.69) is 44.6 Å². The predicted molar refractivity (Wildman–Crippen MR) is 146 cm³/mol. The minimum absolute atomic E-state index is 0.151. The van der Waals surface area contributed by atoms with Gasteiger partial charge in [0, 0.05) is 12.0 Å². The van der Waals surface area contributed by atoms with Crippen LogP contribution in [0.4, 0.5) is 0 Å². The molecule has 0 atom stereocenters. The first-order valence-corrected chi connectivity index (χ1v) is 12.7. The number of phenolic OH excluding ortho intramolecular Hbond substituents is 2. The summed E-state index contributed by atoms with van der Waals surface area (Å²) in [5.74, 6) is 2.05. The van der Waals surface area contributed by atoms with E-state index in [9.17, 15) is 10.2 Å². The molecule has 0 aromatic heterocycles. The highest BCUT2D eigenvalue weighted by molar-refractivity contribution is 5.41. The molecule has 4 rings (SSSR count). The molecular weight excluding hydrogens is 452 g/mol. The lowest BCUT2D eigenvalue weighted by atomic mass is 9.78. The van der Waals surface area contributed by atoms with Gasteiger partial charge in [-0.2, -0.15) is 0 Å². The number of aliphatic hydroxyl groups is 1. The zero-order valence-corrected chi connectivity index (χ0v) is 22.1. The Bertz CT molecular complexity index is 925. The number of epoxide rings is 1. The van der Waals surface area contributed by atoms with Gasteiger partial charge in [0.25, 0.3) is 0 Å². The first-order chi connectivity index (χ1) is 17.2. The molecule has 0 saturated carbocycles. The van der Waals surface area contributed by atoms with Gasteiger partial charge in [-0.25, -0.2) is 0 Å². The quantitative estimate of drug-likeness (QED) is 0.225. The maximum atomic E-state index is 9.30. The van der Waals surface area contributed by atoms with Gasteiger partial charge in [-0.1, -0.05) is 64.1 Å². The molecule has 0 spiro atoms. The molecule has 196 valence electrons. The maximum Gasteiger partial charge on any atom is 0.119 e. The van der Waals surface area contributed by atoms with Gasteiger partial charge in [0.2, 0.25) is 0 Å². The highest BCUT2D eigenvalue weighted by Crippen LogP contribution is 2.32. The Morgan fingerprint density at radius 3 is 1.61 bits per heavy atom. The molecule has 0 bridgehead atoms. The van der Waals surface area contributed by atoms with E-state index >= 15 is 0 Å². The number of hydrogen-bond donors (Lipinski definition) is 3. The van der Waals surface area contributed by atoms with Crippen LogP contribution in [0.2, 0.25) is 0 Å². The number of benzene rings is 3. The van der Waals surface area contributed by atoms with Crippen molar-refractivity contribution in [1.82, 2.24) is 0 Å². The summed E-state index contributed by atoms with van der Waals surface area (Å²) in [5, 5.41) is 27.2. The van der Waals surface area contributed by atoms with Crippen molar-refractivity contribution in [2.24, 2.45) is 0 Å². The summed E-state index contributed by atoms with van der Waals surface area (Å²) in [6.07, 6.45) is 2.91. The Hall–Kier alpha value is -3.02. The monoisotopic (exact) mass is 494 g/mol. The predicted octanol–water partition coefficient (Wildman–Crippen LogP) is 6.79. The topological polar surface area (TPSA) is 82.5 Å². The van der Waals surface area contributed by atoms with Crippen molar-refractivity contribution in [3.63, 3.8) is 0 Å². The first kappa shape index (κ1) is 29.2. The van der Waals surface area contributed by atoms with E-state index in [1.807, 2.05) is 36.4 Å². The fourth-order valence-electron chi connectivity index (χ4n) is 3.45. The van der Waals surface area contributed by atoms with E-state index in [4.69, 9.17) is 9.84 Å². The normalized spacial score (nSPS) is 12.2. The molecule has 1 saturated heterocycles. The van der Waals surface area contributed by atoms with Crippen LogP contribution < -0.4 is 4.74 Å². The van der Waals surface area contributed by atoms with Crippen molar-refractivity contribution >= 4 is 0 Å². The zero-order valence-electron chi connectivity index (χ0n) is 22.1. The van der Waals surface area contributed by atoms with Gasteiger partial charge >= 0.3 is 0 Å². The van der Waals surface area contributed by atoms with Gasteiger partial charge in [0.1, 0.15) is 17.2 Å². The smallest absolute Gasteiger partial charge is 0.119 e. The van der Waals surface area contributed by atoms with Crippen LogP contribution in [0.1, 0.15) is 69.6 Å². The van der Waals surface area contributed by atoms with Gasteiger partial charge in [0.05, 0.1) is 19.8 Å². The molecule has 1 aliphatic heterocycles. The van der Waals surface area contributed by atoms with E-state index in [0.717, 1.165) is 56.0 Å². The Kier molecular flexibility index (Phi) is 12.3. The van der Waals surface area contributed by atoms with E-state index < -0.39 is 0 Å². The summed E-state index contributed by atoms with van der Waals surface area (Å²) in [6.45, 7) is 11.6. The third-order valence-corrected chi connectivity index (χ3v) is 6.00. The molecular formula is C31H42O5. The highest BCUT2D eigenvalue weighted by atomic mass is 16.6. The van der Waals surface area contributed by atoms with Crippen LogP contribution in [-0.2, 0) is 10.2 Å². The number of phenols is 2. The van der Waals surface area contributed by atoms with Crippen LogP contribution in [0.3, 0.4) is 0 Å². The first-order valence-electron chi connectivity index (χ1n) is 12.7. The SMILES string of the molecule is C1CO1.CC(C)(c1ccc(O)cc1)c1ccc(O)cc1.CC(C)c1ccc(OCCCCCO)cc1. The molecule has 3 N–H and O–H groups in total. The van der Waals surface area contributed by atoms with Gasteiger partial charge in [-0.3, -0.25) is 0 Å². The van der Waals surface area contributed by atoms with Crippen LogP contribution >= 0.6 is 0 Å². The van der Waals surface area contributed by atoms with E-state index in [1.54, 1.807) is 24.3 Å². The molecule has 0 unspecified atom stereocenters. The summed E-state index contributed by atoms with van der Waals surface area (Å²) in [4.78, 5) is 0. The Morgan fingerprint density at radius 1 is 0.750 bits per heavy atom. The summed E-state index contributed by atoms with van der Waals surface area (Å²) >= 11 is 0. The lowest BCUT2D eigenvalue weighted by Crippen LogP contribution is -2.18. The summed E-state index contributed by atoms with van der Waals surface area (Å²) in [7, 11) is 0. The molecule has 3 aromatic carbocycles. The fraction of sp³-hybridized carbons (Fsp3) is 0.419. The van der Waals surface area contributed by atoms with Crippen molar-refractivity contribution < 1.29 is 24.8 Å². The van der Waals surface area contributed by atoms with Crippen LogP contribution in [0, 0.1) is 0 Å². The minimum Gasteiger partial charge on any atom is -0.508 e. The standard InChI is InChI=1S/C15H16O2.C14H22O2.C2H4O/c1-15(2,11-3-7-13(16)8-4-11)12-5-9-14(17)10-6-12;1-12(2)13-6-8-14(9-7-13)16-11-5-3-4-10-15;1-2-3-1/h3-10,16-17H,1-2H3;6-9,12,15H,3-5,10-11H2,1-2H3;1-2H2. The molecule has 5 nitrogen and oxygen atoms in total. The third-order valence-electron chi connectivity index (χ3n) is 6.00. The molecule has 1 aliphatic rings. The summed E-state index contributed by atoms with van der Waals surface area (Å²) < 4.78 is 10.1. The second-order valence-electron chi connectivity index (χ2n) is 9.69. The molecule has 1 fully saturated rings.